The van der Waals surface area contributed by atoms with E-state index in [1.807, 2.05) is 30.3 Å². The largest absolute Gasteiger partial charge is 0.484 e. The zero-order valence-electron chi connectivity index (χ0n) is 10.3. The maximum atomic E-state index is 12.0. The van der Waals surface area contributed by atoms with Crippen molar-refractivity contribution in [2.75, 3.05) is 19.7 Å². The minimum absolute atomic E-state index is 0.0382. The number of hydrogen-bond donors (Lipinski definition) is 0. The predicted octanol–water partition coefficient (Wildman–Crippen LogP) is 1.94. The third kappa shape index (κ3) is 3.81. The second-order valence-electron chi connectivity index (χ2n) is 4.52. The summed E-state index contributed by atoms with van der Waals surface area (Å²) in [5.74, 6) is 3.84. The van der Waals surface area contributed by atoms with E-state index >= 15 is 0 Å². The third-order valence-electron chi connectivity index (χ3n) is 2.92. The van der Waals surface area contributed by atoms with E-state index in [2.05, 4.69) is 5.92 Å². The molecule has 1 amide bonds. The molecule has 1 aromatic carbocycles. The Labute approximate surface area is 108 Å². The van der Waals surface area contributed by atoms with Gasteiger partial charge in [0, 0.05) is 6.54 Å². The van der Waals surface area contributed by atoms with Crippen LogP contribution in [0.4, 0.5) is 0 Å². The molecule has 0 N–H and O–H groups in total. The molecule has 0 saturated heterocycles. The van der Waals surface area contributed by atoms with Crippen LogP contribution >= 0.6 is 0 Å². The number of nitrogens with zero attached hydrogens (tertiary/aromatic N) is 1. The molecule has 3 heteroatoms. The molecule has 0 radical (unpaired) electrons. The number of para-hydroxylation sites is 1. The molecule has 1 aliphatic carbocycles. The van der Waals surface area contributed by atoms with Gasteiger partial charge in [-0.1, -0.05) is 24.1 Å². The average Bonchev–Trinajstić information content (AvgIpc) is 3.21. The van der Waals surface area contributed by atoms with Crippen molar-refractivity contribution >= 4 is 5.91 Å². The molecule has 0 bridgehead atoms. The van der Waals surface area contributed by atoms with E-state index < -0.39 is 0 Å². The van der Waals surface area contributed by atoms with Crippen LogP contribution in [0.25, 0.3) is 0 Å². The molecule has 1 saturated carbocycles. The highest BCUT2D eigenvalue weighted by Gasteiger charge is 2.26. The average molecular weight is 243 g/mol. The molecule has 0 aromatic heterocycles. The lowest BCUT2D eigenvalue weighted by molar-refractivity contribution is -0.133. The summed E-state index contributed by atoms with van der Waals surface area (Å²) in [6.07, 6.45) is 7.69. The molecule has 3 nitrogen and oxygen atoms in total. The predicted molar refractivity (Wildman–Crippen MR) is 70.1 cm³/mol. The second kappa shape index (κ2) is 6.11. The van der Waals surface area contributed by atoms with Crippen molar-refractivity contribution in [2.24, 2.45) is 5.92 Å². The first-order valence-corrected chi connectivity index (χ1v) is 6.18. The minimum atomic E-state index is -0.0382. The molecule has 0 unspecified atom stereocenters. The third-order valence-corrected chi connectivity index (χ3v) is 2.92. The molecule has 18 heavy (non-hydrogen) atoms. The highest BCUT2D eigenvalue weighted by atomic mass is 16.5. The Morgan fingerprint density at radius 1 is 1.39 bits per heavy atom. The summed E-state index contributed by atoms with van der Waals surface area (Å²) in [6.45, 7) is 1.19. The van der Waals surface area contributed by atoms with Crippen LogP contribution in [0.5, 0.6) is 5.75 Å². The van der Waals surface area contributed by atoms with Gasteiger partial charge in [-0.3, -0.25) is 4.79 Å². The number of terminal acetylenes is 1. The summed E-state index contributed by atoms with van der Waals surface area (Å²) in [5.41, 5.74) is 0. The fraction of sp³-hybridized carbons (Fsp3) is 0.400. The first kappa shape index (κ1) is 12.5. The number of carbonyl (C=O) groups excluding carboxylic acids is 1. The topological polar surface area (TPSA) is 29.5 Å². The van der Waals surface area contributed by atoms with Gasteiger partial charge in [-0.25, -0.2) is 0 Å². The van der Waals surface area contributed by atoms with Gasteiger partial charge in [-0.2, -0.15) is 0 Å². The first-order valence-electron chi connectivity index (χ1n) is 6.18. The van der Waals surface area contributed by atoms with Crippen LogP contribution in [0.2, 0.25) is 0 Å². The smallest absolute Gasteiger partial charge is 0.261 e. The normalized spacial score (nSPS) is 13.7. The lowest BCUT2D eigenvalue weighted by atomic mass is 10.3. The van der Waals surface area contributed by atoms with Gasteiger partial charge >= 0.3 is 0 Å². The Balaban J connectivity index is 1.82. The summed E-state index contributed by atoms with van der Waals surface area (Å²) >= 11 is 0. The number of ether oxygens (including phenoxy) is 1. The standard InChI is InChI=1S/C15H17NO2/c1-2-10-16(11-13-8-9-13)15(17)12-18-14-6-4-3-5-7-14/h1,3-7,13H,8-12H2. The van der Waals surface area contributed by atoms with Gasteiger partial charge in [0.1, 0.15) is 5.75 Å². The van der Waals surface area contributed by atoms with Gasteiger partial charge in [-0.15, -0.1) is 6.42 Å². The van der Waals surface area contributed by atoms with E-state index in [1.165, 1.54) is 12.8 Å². The highest BCUT2D eigenvalue weighted by Crippen LogP contribution is 2.29. The molecule has 0 atom stereocenters. The van der Waals surface area contributed by atoms with Crippen molar-refractivity contribution in [3.05, 3.63) is 30.3 Å². The monoisotopic (exact) mass is 243 g/mol. The molecular formula is C15H17NO2. The van der Waals surface area contributed by atoms with Gasteiger partial charge in [0.15, 0.2) is 6.61 Å². The number of hydrogen-bond acceptors (Lipinski definition) is 2. The van der Waals surface area contributed by atoms with E-state index in [9.17, 15) is 4.79 Å². The van der Waals surface area contributed by atoms with Crippen LogP contribution in [0.1, 0.15) is 12.8 Å². The van der Waals surface area contributed by atoms with Crippen LogP contribution < -0.4 is 4.74 Å². The van der Waals surface area contributed by atoms with Gasteiger partial charge < -0.3 is 9.64 Å². The molecule has 0 heterocycles. The van der Waals surface area contributed by atoms with Crippen LogP contribution in [-0.2, 0) is 4.79 Å². The zero-order chi connectivity index (χ0) is 12.8. The molecule has 1 fully saturated rings. The van der Waals surface area contributed by atoms with E-state index in [1.54, 1.807) is 4.90 Å². The Morgan fingerprint density at radius 2 is 2.11 bits per heavy atom. The molecule has 1 aromatic rings. The SMILES string of the molecule is C#CCN(CC1CC1)C(=O)COc1ccccc1. The van der Waals surface area contributed by atoms with Crippen LogP contribution in [0.15, 0.2) is 30.3 Å². The van der Waals surface area contributed by atoms with E-state index in [0.29, 0.717) is 18.2 Å². The summed E-state index contributed by atoms with van der Waals surface area (Å²) < 4.78 is 5.44. The molecule has 0 aliphatic heterocycles. The van der Waals surface area contributed by atoms with E-state index in [0.717, 1.165) is 6.54 Å². The zero-order valence-corrected chi connectivity index (χ0v) is 10.3. The molecule has 2 rings (SSSR count). The fourth-order valence-electron chi connectivity index (χ4n) is 1.73. The molecular weight excluding hydrogens is 226 g/mol. The number of carbonyl (C=O) groups is 1. The maximum Gasteiger partial charge on any atom is 0.261 e. The Bertz CT molecular complexity index is 432. The summed E-state index contributed by atoms with van der Waals surface area (Å²) in [6, 6.07) is 9.33. The van der Waals surface area contributed by atoms with Crippen LogP contribution in [0, 0.1) is 18.3 Å². The van der Waals surface area contributed by atoms with Gasteiger partial charge in [-0.05, 0) is 30.9 Å². The second-order valence-corrected chi connectivity index (χ2v) is 4.52. The van der Waals surface area contributed by atoms with Crippen molar-refractivity contribution in [3.63, 3.8) is 0 Å². The lowest BCUT2D eigenvalue weighted by Crippen LogP contribution is -2.36. The Morgan fingerprint density at radius 3 is 2.72 bits per heavy atom. The van der Waals surface area contributed by atoms with Crippen molar-refractivity contribution in [1.29, 1.82) is 0 Å². The fourth-order valence-corrected chi connectivity index (χ4v) is 1.73. The number of benzene rings is 1. The summed E-state index contributed by atoms with van der Waals surface area (Å²) in [5, 5.41) is 0. The quantitative estimate of drug-likeness (QED) is 0.715. The van der Waals surface area contributed by atoms with Crippen molar-refractivity contribution in [2.45, 2.75) is 12.8 Å². The maximum absolute atomic E-state index is 12.0. The van der Waals surface area contributed by atoms with E-state index in [-0.39, 0.29) is 12.5 Å². The molecule has 1 aliphatic rings. The number of rotatable bonds is 6. The number of amides is 1. The minimum Gasteiger partial charge on any atom is -0.484 e. The highest BCUT2D eigenvalue weighted by molar-refractivity contribution is 5.78. The van der Waals surface area contributed by atoms with Crippen LogP contribution in [0.3, 0.4) is 0 Å². The van der Waals surface area contributed by atoms with Crippen molar-refractivity contribution in [1.82, 2.24) is 4.90 Å². The van der Waals surface area contributed by atoms with Crippen LogP contribution in [-0.4, -0.2) is 30.5 Å². The first-order chi connectivity index (χ1) is 8.79. The molecule has 94 valence electrons. The lowest BCUT2D eigenvalue weighted by Gasteiger charge is -2.20. The Kier molecular flexibility index (Phi) is 4.25. The molecule has 0 spiro atoms. The Hall–Kier alpha value is -1.95. The van der Waals surface area contributed by atoms with Gasteiger partial charge in [0.2, 0.25) is 0 Å². The summed E-state index contributed by atoms with van der Waals surface area (Å²) in [7, 11) is 0. The van der Waals surface area contributed by atoms with Gasteiger partial charge in [0.25, 0.3) is 5.91 Å². The van der Waals surface area contributed by atoms with E-state index in [4.69, 9.17) is 11.2 Å². The van der Waals surface area contributed by atoms with Gasteiger partial charge in [0.05, 0.1) is 6.54 Å². The van der Waals surface area contributed by atoms with Crippen molar-refractivity contribution < 1.29 is 9.53 Å². The summed E-state index contributed by atoms with van der Waals surface area (Å²) in [4.78, 5) is 13.7. The van der Waals surface area contributed by atoms with Crippen molar-refractivity contribution in [3.8, 4) is 18.1 Å².